The van der Waals surface area contributed by atoms with Crippen molar-refractivity contribution in [3.63, 3.8) is 0 Å². The number of hydrazine groups is 1. The number of aromatic nitrogens is 4. The number of nitrogens with one attached hydrogen (secondary N) is 3. The zero-order valence-electron chi connectivity index (χ0n) is 16.2. The summed E-state index contributed by atoms with van der Waals surface area (Å²) >= 11 is 0. The van der Waals surface area contributed by atoms with Crippen molar-refractivity contribution in [2.24, 2.45) is 0 Å². The smallest absolute Gasteiger partial charge is 0.270 e. The number of nitrogens with zero attached hydrogens (tertiary/aromatic N) is 3. The van der Waals surface area contributed by atoms with E-state index in [1.165, 1.54) is 0 Å². The highest BCUT2D eigenvalue weighted by Crippen LogP contribution is 2.24. The van der Waals surface area contributed by atoms with E-state index in [2.05, 4.69) is 30.8 Å². The molecule has 150 valence electrons. The number of carbonyl (C=O) groups excluding carboxylic acids is 1. The lowest BCUT2D eigenvalue weighted by Crippen LogP contribution is -2.31. The Balaban J connectivity index is 1.49. The molecule has 3 aromatic heterocycles. The molecule has 0 aliphatic carbocycles. The predicted molar refractivity (Wildman–Crippen MR) is 118 cm³/mol. The molecule has 0 unspecified atom stereocenters. The van der Waals surface area contributed by atoms with Gasteiger partial charge in [0.05, 0.1) is 27.7 Å². The number of fused-ring (bicyclic) bond motifs is 2. The van der Waals surface area contributed by atoms with Crippen LogP contribution in [-0.2, 0) is 0 Å². The van der Waals surface area contributed by atoms with Gasteiger partial charge in [0.25, 0.3) is 11.5 Å². The third-order valence-electron chi connectivity index (χ3n) is 4.84. The van der Waals surface area contributed by atoms with E-state index in [1.54, 1.807) is 42.7 Å². The molecular weight excluding hydrogens is 392 g/mol. The summed E-state index contributed by atoms with van der Waals surface area (Å²) in [6, 6.07) is 19.8. The number of carbonyl (C=O) groups is 1. The number of hydrogen-bond donors (Lipinski definition) is 3. The highest BCUT2D eigenvalue weighted by Gasteiger charge is 2.14. The molecule has 0 saturated carbocycles. The van der Waals surface area contributed by atoms with Crippen molar-refractivity contribution in [3.05, 3.63) is 95.0 Å². The second kappa shape index (κ2) is 7.68. The Morgan fingerprint density at radius 1 is 0.839 bits per heavy atom. The maximum Gasteiger partial charge on any atom is 0.270 e. The third-order valence-corrected chi connectivity index (χ3v) is 4.84. The highest BCUT2D eigenvalue weighted by atomic mass is 16.2. The maximum absolute atomic E-state index is 13.0. The summed E-state index contributed by atoms with van der Waals surface area (Å²) in [7, 11) is 0. The lowest BCUT2D eigenvalue weighted by atomic mass is 10.0. The fraction of sp³-hybridized carbons (Fsp3) is 0. The van der Waals surface area contributed by atoms with Crippen LogP contribution in [0.5, 0.6) is 0 Å². The summed E-state index contributed by atoms with van der Waals surface area (Å²) in [5.41, 5.74) is 8.19. The lowest BCUT2D eigenvalue weighted by Gasteiger charge is -2.12. The molecule has 0 bridgehead atoms. The fourth-order valence-electron chi connectivity index (χ4n) is 3.36. The third kappa shape index (κ3) is 3.58. The number of aromatic amines is 1. The van der Waals surface area contributed by atoms with E-state index in [4.69, 9.17) is 0 Å². The second-order valence-corrected chi connectivity index (χ2v) is 6.82. The average molecular weight is 408 g/mol. The molecule has 0 saturated heterocycles. The standard InChI is InChI=1S/C23H16N6O2/c30-21-16-6-2-4-8-19(16)26-23(27-21)29-28-22(31)17-13-20(14-9-11-24-12-10-14)25-18-7-3-1-5-15(17)18/h1-13H,(H,28,31)(H2,26,27,29,30). The molecule has 0 aliphatic rings. The molecule has 0 spiro atoms. The van der Waals surface area contributed by atoms with Gasteiger partial charge in [0, 0.05) is 23.3 Å². The first-order chi connectivity index (χ1) is 15.2. The van der Waals surface area contributed by atoms with Gasteiger partial charge in [-0.25, -0.2) is 9.97 Å². The van der Waals surface area contributed by atoms with Crippen LogP contribution in [0.4, 0.5) is 5.95 Å². The first-order valence-electron chi connectivity index (χ1n) is 9.55. The summed E-state index contributed by atoms with van der Waals surface area (Å²) in [6.45, 7) is 0. The van der Waals surface area contributed by atoms with Crippen LogP contribution >= 0.6 is 0 Å². The number of benzene rings is 2. The Labute approximate surface area is 176 Å². The molecule has 0 radical (unpaired) electrons. The number of H-pyrrole nitrogens is 1. The minimum atomic E-state index is -0.385. The van der Waals surface area contributed by atoms with Crippen LogP contribution in [0.1, 0.15) is 10.4 Å². The summed E-state index contributed by atoms with van der Waals surface area (Å²) in [5, 5.41) is 1.18. The van der Waals surface area contributed by atoms with Crippen molar-refractivity contribution in [1.82, 2.24) is 25.4 Å². The topological polar surface area (TPSA) is 113 Å². The van der Waals surface area contributed by atoms with Gasteiger partial charge in [-0.1, -0.05) is 30.3 Å². The van der Waals surface area contributed by atoms with Crippen LogP contribution < -0.4 is 16.4 Å². The first kappa shape index (κ1) is 18.4. The van der Waals surface area contributed by atoms with Gasteiger partial charge in [0.15, 0.2) is 0 Å². The normalized spacial score (nSPS) is 10.8. The average Bonchev–Trinajstić information content (AvgIpc) is 2.82. The molecule has 0 fully saturated rings. The molecule has 5 rings (SSSR count). The summed E-state index contributed by atoms with van der Waals surface area (Å²) in [5.74, 6) is -0.241. The van der Waals surface area contributed by atoms with Gasteiger partial charge in [0.1, 0.15) is 0 Å². The summed E-state index contributed by atoms with van der Waals surface area (Å²) < 4.78 is 0. The van der Waals surface area contributed by atoms with Crippen LogP contribution in [-0.4, -0.2) is 25.8 Å². The van der Waals surface area contributed by atoms with Gasteiger partial charge in [-0.2, -0.15) is 0 Å². The van der Waals surface area contributed by atoms with Crippen LogP contribution in [0, 0.1) is 0 Å². The van der Waals surface area contributed by atoms with Crippen molar-refractivity contribution in [3.8, 4) is 11.3 Å². The van der Waals surface area contributed by atoms with Crippen molar-refractivity contribution >= 4 is 33.7 Å². The molecule has 0 atom stereocenters. The molecule has 3 heterocycles. The summed E-state index contributed by atoms with van der Waals surface area (Å²) in [6.07, 6.45) is 3.35. The Kier molecular flexibility index (Phi) is 4.57. The fourth-order valence-corrected chi connectivity index (χ4v) is 3.36. The van der Waals surface area contributed by atoms with Crippen LogP contribution in [0.15, 0.2) is 83.9 Å². The number of para-hydroxylation sites is 2. The van der Waals surface area contributed by atoms with E-state index in [0.717, 1.165) is 5.56 Å². The number of rotatable bonds is 4. The first-order valence-corrected chi connectivity index (χ1v) is 9.55. The van der Waals surface area contributed by atoms with Gasteiger partial charge in [0.2, 0.25) is 5.95 Å². The Morgan fingerprint density at radius 3 is 2.29 bits per heavy atom. The maximum atomic E-state index is 13.0. The van der Waals surface area contributed by atoms with Crippen molar-refractivity contribution in [2.75, 3.05) is 5.43 Å². The minimum absolute atomic E-state index is 0.143. The molecule has 0 aliphatic heterocycles. The van der Waals surface area contributed by atoms with Crippen LogP contribution in [0.3, 0.4) is 0 Å². The predicted octanol–water partition coefficient (Wildman–Crippen LogP) is 3.29. The molecule has 3 N–H and O–H groups in total. The number of amides is 1. The molecule has 8 heteroatoms. The minimum Gasteiger partial charge on any atom is -0.291 e. The van der Waals surface area contributed by atoms with E-state index >= 15 is 0 Å². The molecular formula is C23H16N6O2. The Morgan fingerprint density at radius 2 is 1.52 bits per heavy atom. The van der Waals surface area contributed by atoms with Gasteiger partial charge in [-0.05, 0) is 36.4 Å². The monoisotopic (exact) mass is 408 g/mol. The number of pyridine rings is 2. The highest BCUT2D eigenvalue weighted by molar-refractivity contribution is 6.07. The lowest BCUT2D eigenvalue weighted by molar-refractivity contribution is 0.0964. The van der Waals surface area contributed by atoms with Gasteiger partial charge >= 0.3 is 0 Å². The zero-order chi connectivity index (χ0) is 21.2. The SMILES string of the molecule is O=C(NNc1nc2ccccc2c(=O)[nH]1)c1cc(-c2ccncc2)nc2ccccc12. The van der Waals surface area contributed by atoms with Crippen LogP contribution in [0.2, 0.25) is 0 Å². The zero-order valence-corrected chi connectivity index (χ0v) is 16.2. The second-order valence-electron chi connectivity index (χ2n) is 6.82. The van der Waals surface area contributed by atoms with E-state index in [9.17, 15) is 9.59 Å². The van der Waals surface area contributed by atoms with E-state index in [1.807, 2.05) is 36.4 Å². The summed E-state index contributed by atoms with van der Waals surface area (Å²) in [4.78, 5) is 40.9. The molecule has 8 nitrogen and oxygen atoms in total. The molecule has 2 aromatic carbocycles. The van der Waals surface area contributed by atoms with Gasteiger partial charge in [-0.15, -0.1) is 0 Å². The molecule has 1 amide bonds. The van der Waals surface area contributed by atoms with Crippen LogP contribution in [0.25, 0.3) is 33.1 Å². The Bertz CT molecular complexity index is 1480. The quantitative estimate of drug-likeness (QED) is 0.393. The van der Waals surface area contributed by atoms with Gasteiger partial charge < -0.3 is 0 Å². The van der Waals surface area contributed by atoms with Crippen molar-refractivity contribution < 1.29 is 4.79 Å². The van der Waals surface area contributed by atoms with E-state index in [0.29, 0.717) is 33.1 Å². The number of anilines is 1. The number of hydrogen-bond acceptors (Lipinski definition) is 6. The van der Waals surface area contributed by atoms with Crippen molar-refractivity contribution in [2.45, 2.75) is 0 Å². The molecule has 5 aromatic rings. The van der Waals surface area contributed by atoms with Gasteiger partial charge in [-0.3, -0.25) is 30.4 Å². The van der Waals surface area contributed by atoms with E-state index in [-0.39, 0.29) is 17.4 Å². The molecule has 31 heavy (non-hydrogen) atoms. The van der Waals surface area contributed by atoms with E-state index < -0.39 is 0 Å². The Hall–Kier alpha value is -4.59. The van der Waals surface area contributed by atoms with Crippen molar-refractivity contribution in [1.29, 1.82) is 0 Å². The largest absolute Gasteiger partial charge is 0.291 e.